The fourth-order valence-electron chi connectivity index (χ4n) is 2.81. The molecule has 0 amide bonds. The number of hydrogen-bond acceptors (Lipinski definition) is 7. The van der Waals surface area contributed by atoms with Crippen LogP contribution in [0.3, 0.4) is 0 Å². The van der Waals surface area contributed by atoms with E-state index in [1.807, 2.05) is 31.2 Å². The van der Waals surface area contributed by atoms with Crippen molar-refractivity contribution in [3.05, 3.63) is 50.7 Å². The lowest BCUT2D eigenvalue weighted by Gasteiger charge is -2.15. The lowest BCUT2D eigenvalue weighted by Crippen LogP contribution is -2.31. The number of ether oxygens (including phenoxy) is 1. The molecule has 10 heteroatoms. The highest BCUT2D eigenvalue weighted by atomic mass is 16.5. The maximum atomic E-state index is 12.3. The second-order valence-electron chi connectivity index (χ2n) is 6.46. The van der Waals surface area contributed by atoms with Gasteiger partial charge in [-0.3, -0.25) is 14.3 Å². The summed E-state index contributed by atoms with van der Waals surface area (Å²) in [4.78, 5) is 30.7. The molecule has 28 heavy (non-hydrogen) atoms. The van der Waals surface area contributed by atoms with Crippen molar-refractivity contribution < 1.29 is 14.9 Å². The number of aromatic amines is 1. The van der Waals surface area contributed by atoms with Crippen molar-refractivity contribution in [2.45, 2.75) is 19.6 Å². The molecule has 0 saturated carbocycles. The Labute approximate surface area is 160 Å². The van der Waals surface area contributed by atoms with E-state index in [-0.39, 0.29) is 43.4 Å². The maximum Gasteiger partial charge on any atom is 0.329 e. The van der Waals surface area contributed by atoms with Gasteiger partial charge in [0, 0.05) is 13.6 Å². The monoisotopic (exact) mass is 389 g/mol. The van der Waals surface area contributed by atoms with Crippen LogP contribution in [-0.4, -0.2) is 55.2 Å². The number of aliphatic hydroxyl groups excluding tert-OH is 2. The molecular weight excluding hydrogens is 366 g/mol. The van der Waals surface area contributed by atoms with Crippen LogP contribution in [0.2, 0.25) is 0 Å². The smallest absolute Gasteiger partial charge is 0.329 e. The highest BCUT2D eigenvalue weighted by Crippen LogP contribution is 2.17. The molecule has 4 N–H and O–H groups in total. The third-order valence-corrected chi connectivity index (χ3v) is 4.26. The van der Waals surface area contributed by atoms with Crippen molar-refractivity contribution in [1.29, 1.82) is 0 Å². The largest absolute Gasteiger partial charge is 0.491 e. The van der Waals surface area contributed by atoms with E-state index >= 15 is 0 Å². The van der Waals surface area contributed by atoms with Gasteiger partial charge >= 0.3 is 5.69 Å². The third-order valence-electron chi connectivity index (χ3n) is 4.26. The molecular formula is C18H23N5O5. The molecule has 2 aromatic heterocycles. The van der Waals surface area contributed by atoms with Gasteiger partial charge in [0.05, 0.1) is 13.2 Å². The standard InChI is InChI=1S/C18H23N5O5/c1-11-3-5-13(6-4-11)28-10-12(25)9-23-14-15(20-17(23)19-7-8-24)22(2)18(27)21-16(14)26/h3-6,12,24-25H,7-10H2,1-2H3,(H,19,20)(H,21,26,27)/t12-/m0/s1. The van der Waals surface area contributed by atoms with E-state index in [1.54, 1.807) is 0 Å². The van der Waals surface area contributed by atoms with E-state index in [4.69, 9.17) is 9.84 Å². The van der Waals surface area contributed by atoms with Crippen LogP contribution < -0.4 is 21.3 Å². The van der Waals surface area contributed by atoms with Crippen molar-refractivity contribution in [3.63, 3.8) is 0 Å². The van der Waals surface area contributed by atoms with Crippen LogP contribution in [0.4, 0.5) is 5.95 Å². The second kappa shape index (κ2) is 8.28. The van der Waals surface area contributed by atoms with Crippen molar-refractivity contribution in [2.75, 3.05) is 25.1 Å². The summed E-state index contributed by atoms with van der Waals surface area (Å²) in [6, 6.07) is 7.43. The van der Waals surface area contributed by atoms with Gasteiger partial charge in [0.25, 0.3) is 5.56 Å². The first kappa shape index (κ1) is 19.6. The number of imidazole rings is 1. The number of aryl methyl sites for hydroxylation is 2. The van der Waals surface area contributed by atoms with E-state index in [0.717, 1.165) is 5.56 Å². The minimum Gasteiger partial charge on any atom is -0.491 e. The molecule has 0 saturated heterocycles. The number of anilines is 1. The normalized spacial score (nSPS) is 12.3. The maximum absolute atomic E-state index is 12.3. The average Bonchev–Trinajstić information content (AvgIpc) is 3.03. The van der Waals surface area contributed by atoms with Gasteiger partial charge in [-0.1, -0.05) is 17.7 Å². The van der Waals surface area contributed by atoms with Gasteiger partial charge in [-0.15, -0.1) is 0 Å². The molecule has 3 aromatic rings. The third kappa shape index (κ3) is 4.07. The molecule has 0 radical (unpaired) electrons. The zero-order valence-electron chi connectivity index (χ0n) is 15.7. The summed E-state index contributed by atoms with van der Waals surface area (Å²) in [6.07, 6.45) is -0.940. The first-order valence-corrected chi connectivity index (χ1v) is 8.82. The van der Waals surface area contributed by atoms with Crippen molar-refractivity contribution >= 4 is 17.1 Å². The summed E-state index contributed by atoms with van der Waals surface area (Å²) < 4.78 is 8.29. The molecule has 1 atom stereocenters. The SMILES string of the molecule is Cc1ccc(OC[C@@H](O)Cn2c(NCCO)nc3c2c(=O)[nH]c(=O)n3C)cc1. The molecule has 3 rings (SSSR count). The Balaban J connectivity index is 1.87. The zero-order valence-corrected chi connectivity index (χ0v) is 15.7. The fourth-order valence-corrected chi connectivity index (χ4v) is 2.81. The Morgan fingerprint density at radius 3 is 2.68 bits per heavy atom. The van der Waals surface area contributed by atoms with E-state index in [0.29, 0.717) is 5.75 Å². The second-order valence-corrected chi connectivity index (χ2v) is 6.46. The number of rotatable bonds is 8. The van der Waals surface area contributed by atoms with E-state index in [1.165, 1.54) is 16.2 Å². The summed E-state index contributed by atoms with van der Waals surface area (Å²) in [5, 5.41) is 22.4. The lowest BCUT2D eigenvalue weighted by atomic mass is 10.2. The predicted molar refractivity (Wildman–Crippen MR) is 104 cm³/mol. The van der Waals surface area contributed by atoms with E-state index in [2.05, 4.69) is 15.3 Å². The highest BCUT2D eigenvalue weighted by molar-refractivity contribution is 5.74. The van der Waals surface area contributed by atoms with Crippen LogP contribution in [0.5, 0.6) is 5.75 Å². The molecule has 0 unspecified atom stereocenters. The Bertz CT molecular complexity index is 1070. The molecule has 0 bridgehead atoms. The molecule has 0 fully saturated rings. The molecule has 2 heterocycles. The fraction of sp³-hybridized carbons (Fsp3) is 0.389. The van der Waals surface area contributed by atoms with Crippen LogP contribution in [0, 0.1) is 6.92 Å². The van der Waals surface area contributed by atoms with Gasteiger partial charge in [0.2, 0.25) is 5.95 Å². The van der Waals surface area contributed by atoms with Crippen LogP contribution in [0.15, 0.2) is 33.9 Å². The Hall–Kier alpha value is -3.11. The molecule has 0 aliphatic rings. The van der Waals surface area contributed by atoms with Gasteiger partial charge < -0.3 is 24.8 Å². The number of nitrogens with zero attached hydrogens (tertiary/aromatic N) is 3. The molecule has 150 valence electrons. The molecule has 0 aliphatic heterocycles. The highest BCUT2D eigenvalue weighted by Gasteiger charge is 2.19. The van der Waals surface area contributed by atoms with Crippen molar-refractivity contribution in [3.8, 4) is 5.75 Å². The number of H-pyrrole nitrogens is 1. The summed E-state index contributed by atoms with van der Waals surface area (Å²) >= 11 is 0. The van der Waals surface area contributed by atoms with Gasteiger partial charge in [-0.25, -0.2) is 4.79 Å². The Kier molecular flexibility index (Phi) is 5.81. The van der Waals surface area contributed by atoms with Crippen LogP contribution in [-0.2, 0) is 13.6 Å². The summed E-state index contributed by atoms with van der Waals surface area (Å²) in [7, 11) is 1.49. The average molecular weight is 389 g/mol. The summed E-state index contributed by atoms with van der Waals surface area (Å²) in [5.74, 6) is 0.893. The topological polar surface area (TPSA) is 134 Å². The van der Waals surface area contributed by atoms with Crippen LogP contribution >= 0.6 is 0 Å². The predicted octanol–water partition coefficient (Wildman–Crippen LogP) is -0.424. The number of aromatic nitrogens is 4. The summed E-state index contributed by atoms with van der Waals surface area (Å²) in [6.45, 7) is 2.04. The van der Waals surface area contributed by atoms with Crippen LogP contribution in [0.1, 0.15) is 5.56 Å². The molecule has 10 nitrogen and oxygen atoms in total. The summed E-state index contributed by atoms with van der Waals surface area (Å²) in [5.41, 5.74) is 0.244. The zero-order chi connectivity index (χ0) is 20.3. The number of benzene rings is 1. The quantitative estimate of drug-likeness (QED) is 0.411. The molecule has 1 aromatic carbocycles. The number of aliphatic hydroxyl groups is 2. The van der Waals surface area contributed by atoms with Gasteiger partial charge in [-0.05, 0) is 19.1 Å². The Morgan fingerprint density at radius 2 is 2.00 bits per heavy atom. The van der Waals surface area contributed by atoms with Gasteiger partial charge in [-0.2, -0.15) is 4.98 Å². The number of hydrogen-bond donors (Lipinski definition) is 4. The minimum absolute atomic E-state index is 0.00580. The van der Waals surface area contributed by atoms with Gasteiger partial charge in [0.1, 0.15) is 18.5 Å². The van der Waals surface area contributed by atoms with Crippen LogP contribution in [0.25, 0.3) is 11.2 Å². The van der Waals surface area contributed by atoms with Crippen molar-refractivity contribution in [2.24, 2.45) is 7.05 Å². The minimum atomic E-state index is -0.940. The first-order valence-electron chi connectivity index (χ1n) is 8.82. The first-order chi connectivity index (χ1) is 13.4. The van der Waals surface area contributed by atoms with Gasteiger partial charge in [0.15, 0.2) is 11.2 Å². The van der Waals surface area contributed by atoms with Crippen molar-refractivity contribution in [1.82, 2.24) is 19.1 Å². The van der Waals surface area contributed by atoms with E-state index in [9.17, 15) is 14.7 Å². The van der Waals surface area contributed by atoms with E-state index < -0.39 is 17.4 Å². The number of fused-ring (bicyclic) bond motifs is 1. The lowest BCUT2D eigenvalue weighted by molar-refractivity contribution is 0.0938. The number of nitrogens with one attached hydrogen (secondary N) is 2. The Morgan fingerprint density at radius 1 is 1.29 bits per heavy atom. The molecule has 0 aliphatic carbocycles. The molecule has 0 spiro atoms.